The van der Waals surface area contributed by atoms with Crippen LogP contribution in [-0.2, 0) is 48.0 Å². The minimum atomic E-state index is -1.28. The van der Waals surface area contributed by atoms with Gasteiger partial charge in [-0.05, 0) is 86.8 Å². The van der Waals surface area contributed by atoms with Crippen molar-refractivity contribution in [3.63, 3.8) is 0 Å². The number of rotatable bonds is 10. The molecule has 68 heavy (non-hydrogen) atoms. The van der Waals surface area contributed by atoms with Crippen molar-refractivity contribution in [3.8, 4) is 22.5 Å². The highest BCUT2D eigenvalue weighted by molar-refractivity contribution is 7.10. The maximum absolute atomic E-state index is 14.9. The van der Waals surface area contributed by atoms with Gasteiger partial charge in [0.15, 0.2) is 0 Å². The van der Waals surface area contributed by atoms with Gasteiger partial charge in [-0.25, -0.2) is 15.2 Å². The van der Waals surface area contributed by atoms with Gasteiger partial charge in [0.25, 0.3) is 5.91 Å². The van der Waals surface area contributed by atoms with Crippen LogP contribution in [0, 0.1) is 11.3 Å². The number of carbonyl (C=O) groups excluding carboxylic acids is 5. The lowest BCUT2D eigenvalue weighted by Crippen LogP contribution is -2.68. The molecule has 0 spiro atoms. The Balaban J connectivity index is 1.17. The highest BCUT2D eigenvalue weighted by Crippen LogP contribution is 2.42. The second-order valence-electron chi connectivity index (χ2n) is 19.8. The Morgan fingerprint density at radius 3 is 2.57 bits per heavy atom. The number of ether oxygens (including phenoxy) is 2. The summed E-state index contributed by atoms with van der Waals surface area (Å²) in [5.74, 6) is -1.41. The number of piperazine rings is 1. The number of nitrogens with zero attached hydrogens (tertiary/aromatic N) is 7. The number of carbonyl (C=O) groups is 5. The fraction of sp³-hybridized carbons (Fsp3) is 0.540. The Bertz CT molecular complexity index is 2610. The Kier molecular flexibility index (Phi) is 14.2. The molecule has 5 amide bonds. The number of aryl methyl sites for hydroxylation is 1. The van der Waals surface area contributed by atoms with Crippen molar-refractivity contribution in [2.75, 3.05) is 47.0 Å². The summed E-state index contributed by atoms with van der Waals surface area (Å²) in [4.78, 5) is 84.7. The average molecular weight is 963 g/mol. The summed E-state index contributed by atoms with van der Waals surface area (Å²) in [6.45, 7) is 17.8. The summed E-state index contributed by atoms with van der Waals surface area (Å²) in [6, 6.07) is 7.90. The van der Waals surface area contributed by atoms with E-state index in [4.69, 9.17) is 19.4 Å². The third-order valence-corrected chi connectivity index (χ3v) is 15.5. The highest BCUT2D eigenvalue weighted by atomic mass is 32.1. The number of methoxy groups -OCH3 is 1. The van der Waals surface area contributed by atoms with E-state index in [0.717, 1.165) is 44.7 Å². The lowest BCUT2D eigenvalue weighted by molar-refractivity contribution is -0.148. The SMILES string of the molecule is C=CC(=O)N1CCN(C(=O)N(C)[C@H](C(=O)N[C@H]2Cc3nc(cs3)-c3ccc4c(c3)c(c(-c3cccnc3[C@H](C)OC)n4CC)CC(C)(C)COC[C@]3(C(=O)[Si])CCCN(N3)C2=O)C(C)C)[C@@H]2CC21. The summed E-state index contributed by atoms with van der Waals surface area (Å²) >= 11 is 1.41. The van der Waals surface area contributed by atoms with Crippen molar-refractivity contribution in [1.29, 1.82) is 0 Å². The standard InChI is InChI=1S/C50H64N9O7SSi/c1-10-41(60)57-20-21-58(39-24-38(39)57)48(64)55(8)43(29(3)4)45(61)53-35-23-40-52-36(26-67-40)31-15-16-37-33(22-31)34(44(56(37)11-2)32-14-12-18-51-42(32)30(5)65-9)25-49(6,7)27-66-28-50(47(63)68)17-13-19-59(54-50)46(35)62/h10,12,14-16,18,22,26,29-30,35,38-39,43,54H,1,11,13,17,19-21,23-25,27-28H2,2-9H3,(H,53,61)/t30-,35-,38?,39+,43-,50-/m0/s1. The fourth-order valence-corrected chi connectivity index (χ4v) is 11.6. The molecule has 16 nitrogen and oxygen atoms in total. The third-order valence-electron chi connectivity index (χ3n) is 14.1. The zero-order chi connectivity index (χ0) is 48.8. The van der Waals surface area contributed by atoms with Gasteiger partial charge >= 0.3 is 6.03 Å². The van der Waals surface area contributed by atoms with E-state index in [2.05, 4.69) is 77.2 Å². The smallest absolute Gasteiger partial charge is 0.320 e. The van der Waals surface area contributed by atoms with Crippen LogP contribution in [0.5, 0.6) is 0 Å². The van der Waals surface area contributed by atoms with Gasteiger partial charge in [0.1, 0.15) is 33.3 Å². The van der Waals surface area contributed by atoms with Crippen LogP contribution in [0.1, 0.15) is 83.2 Å². The molecule has 1 aliphatic carbocycles. The maximum atomic E-state index is 14.9. The molecule has 4 aromatic rings. The number of aromatic nitrogens is 3. The summed E-state index contributed by atoms with van der Waals surface area (Å²) < 4.78 is 14.7. The molecule has 361 valence electrons. The number of likely N-dealkylation sites (N-methyl/N-ethyl adjacent to an activating group) is 1. The second-order valence-corrected chi connectivity index (χ2v) is 21.2. The molecule has 3 fully saturated rings. The van der Waals surface area contributed by atoms with Gasteiger partial charge in [-0.2, -0.15) is 0 Å². The number of urea groups is 1. The highest BCUT2D eigenvalue weighted by Gasteiger charge is 2.53. The number of thiazole rings is 1. The summed E-state index contributed by atoms with van der Waals surface area (Å²) in [6.07, 6.45) is 5.10. The first-order valence-electron chi connectivity index (χ1n) is 23.7. The van der Waals surface area contributed by atoms with Crippen LogP contribution in [0.2, 0.25) is 0 Å². The molecule has 4 aliphatic rings. The van der Waals surface area contributed by atoms with Gasteiger partial charge in [-0.3, -0.25) is 24.4 Å². The van der Waals surface area contributed by atoms with Gasteiger partial charge in [-0.15, -0.1) is 11.3 Å². The molecule has 3 aliphatic heterocycles. The molecule has 18 heteroatoms. The van der Waals surface area contributed by atoms with E-state index >= 15 is 0 Å². The second kappa shape index (κ2) is 19.6. The van der Waals surface area contributed by atoms with E-state index < -0.39 is 34.9 Å². The molecule has 6 atom stereocenters. The molecule has 6 bridgehead atoms. The molecule has 3 aromatic heterocycles. The quantitative estimate of drug-likeness (QED) is 0.157. The van der Waals surface area contributed by atoms with Gasteiger partial charge in [0.2, 0.25) is 11.8 Å². The molecule has 1 aromatic carbocycles. The van der Waals surface area contributed by atoms with Gasteiger partial charge < -0.3 is 38.9 Å². The first-order chi connectivity index (χ1) is 32.4. The van der Waals surface area contributed by atoms with Crippen molar-refractivity contribution < 1.29 is 33.4 Å². The van der Waals surface area contributed by atoms with E-state index in [1.165, 1.54) is 27.3 Å². The summed E-state index contributed by atoms with van der Waals surface area (Å²) in [5.41, 5.74) is 8.30. The largest absolute Gasteiger partial charge is 0.378 e. The summed E-state index contributed by atoms with van der Waals surface area (Å²) in [5, 5.41) is 7.82. The van der Waals surface area contributed by atoms with E-state index in [-0.39, 0.29) is 61.0 Å². The number of hydrogen-bond donors (Lipinski definition) is 2. The van der Waals surface area contributed by atoms with E-state index in [9.17, 15) is 24.0 Å². The number of hydrogen-bond acceptors (Lipinski definition) is 11. The Morgan fingerprint density at radius 2 is 1.87 bits per heavy atom. The molecule has 8 rings (SSSR count). The van der Waals surface area contributed by atoms with Crippen LogP contribution in [0.25, 0.3) is 33.4 Å². The van der Waals surface area contributed by atoms with Crippen LogP contribution < -0.4 is 10.7 Å². The zero-order valence-electron chi connectivity index (χ0n) is 40.5. The van der Waals surface area contributed by atoms with E-state index in [0.29, 0.717) is 56.9 Å². The van der Waals surface area contributed by atoms with Gasteiger partial charge in [0, 0.05) is 80.4 Å². The van der Waals surface area contributed by atoms with Gasteiger partial charge in [-0.1, -0.05) is 40.3 Å². The van der Waals surface area contributed by atoms with Crippen molar-refractivity contribution in [3.05, 3.63) is 70.8 Å². The Labute approximate surface area is 406 Å². The Hall–Kier alpha value is -5.27. The van der Waals surface area contributed by atoms with Crippen LogP contribution in [0.4, 0.5) is 4.79 Å². The minimum absolute atomic E-state index is 0.0125. The van der Waals surface area contributed by atoms with Crippen molar-refractivity contribution in [2.45, 2.75) is 116 Å². The molecule has 6 heterocycles. The van der Waals surface area contributed by atoms with E-state index in [1.807, 2.05) is 32.2 Å². The molecule has 1 unspecified atom stereocenters. The predicted molar refractivity (Wildman–Crippen MR) is 261 cm³/mol. The van der Waals surface area contributed by atoms with Crippen molar-refractivity contribution in [1.82, 2.24) is 45.0 Å². The first kappa shape index (κ1) is 49.2. The average Bonchev–Trinajstić information content (AvgIpc) is 3.89. The first-order valence-corrected chi connectivity index (χ1v) is 25.1. The lowest BCUT2D eigenvalue weighted by Gasteiger charge is -2.43. The maximum Gasteiger partial charge on any atom is 0.320 e. The van der Waals surface area contributed by atoms with Crippen LogP contribution in [0.3, 0.4) is 0 Å². The monoisotopic (exact) mass is 962 g/mol. The Morgan fingerprint density at radius 1 is 1.12 bits per heavy atom. The summed E-state index contributed by atoms with van der Waals surface area (Å²) in [7, 11) is 6.64. The lowest BCUT2D eigenvalue weighted by atomic mass is 9.84. The topological polar surface area (TPSA) is 172 Å². The zero-order valence-corrected chi connectivity index (χ0v) is 42.3. The minimum Gasteiger partial charge on any atom is -0.378 e. The molecule has 1 saturated carbocycles. The molecular formula is C50H64N9O7SSi. The number of hydrazine groups is 1. The third kappa shape index (κ3) is 9.41. The van der Waals surface area contributed by atoms with Gasteiger partial charge in [0.05, 0.1) is 53.5 Å². The predicted octanol–water partition coefficient (Wildman–Crippen LogP) is 5.29. The van der Waals surface area contributed by atoms with Crippen molar-refractivity contribution in [2.24, 2.45) is 11.3 Å². The van der Waals surface area contributed by atoms with Crippen molar-refractivity contribution >= 4 is 61.6 Å². The number of benzene rings is 1. The molecule has 2 N–H and O–H groups in total. The fourth-order valence-electron chi connectivity index (χ4n) is 10.5. The number of amides is 5. The van der Waals surface area contributed by atoms with Crippen LogP contribution in [-0.4, -0.2) is 150 Å². The number of nitrogens with one attached hydrogen (secondary N) is 2. The molecular weight excluding hydrogens is 899 g/mol. The number of fused-ring (bicyclic) bond motifs is 7. The van der Waals surface area contributed by atoms with Crippen LogP contribution in [0.15, 0.2) is 54.6 Å². The van der Waals surface area contributed by atoms with E-state index in [1.54, 1.807) is 30.2 Å². The molecule has 2 saturated heterocycles. The molecule has 3 radical (unpaired) electrons. The number of pyridine rings is 1. The normalized spacial score (nSPS) is 23.6. The van der Waals surface area contributed by atoms with Crippen LogP contribution >= 0.6 is 11.3 Å².